The minimum absolute atomic E-state index is 0.0322. The Morgan fingerprint density at radius 2 is 0.746 bits per heavy atom. The molecule has 0 bridgehead atoms. The highest BCUT2D eigenvalue weighted by molar-refractivity contribution is 5.76. The molecule has 0 fully saturated rings. The molecule has 0 saturated carbocycles. The van der Waals surface area contributed by atoms with Gasteiger partial charge in [-0.2, -0.15) is 0 Å². The van der Waals surface area contributed by atoms with Crippen LogP contribution in [0.3, 0.4) is 0 Å². The van der Waals surface area contributed by atoms with Gasteiger partial charge in [-0.1, -0.05) is 242 Å². The highest BCUT2D eigenvalue weighted by Crippen LogP contribution is 2.16. The topological polar surface area (TPSA) is 95.9 Å². The molecule has 0 aromatic carbocycles. The Hall–Kier alpha value is -2.18. The molecule has 0 aromatic rings. The van der Waals surface area contributed by atoms with E-state index in [9.17, 15) is 19.8 Å². The summed E-state index contributed by atoms with van der Waals surface area (Å²) in [5, 5.41) is 23.2. The van der Waals surface area contributed by atoms with Gasteiger partial charge in [0.25, 0.3) is 0 Å². The lowest BCUT2D eigenvalue weighted by Gasteiger charge is -2.20. The Morgan fingerprint density at radius 3 is 1.18 bits per heavy atom. The van der Waals surface area contributed by atoms with Gasteiger partial charge in [-0.15, -0.1) is 0 Å². The van der Waals surface area contributed by atoms with Crippen molar-refractivity contribution in [2.75, 3.05) is 13.2 Å². The molecule has 0 aliphatic heterocycles. The number of amides is 1. The summed E-state index contributed by atoms with van der Waals surface area (Å²) >= 11 is 0. The predicted octanol–water partition coefficient (Wildman–Crippen LogP) is 18.2. The number of hydrogen-bond acceptors (Lipinski definition) is 5. The first-order valence-electron chi connectivity index (χ1n) is 29.4. The molecule has 0 saturated heterocycles. The van der Waals surface area contributed by atoms with Gasteiger partial charge in [0, 0.05) is 12.8 Å². The molecule has 6 nitrogen and oxygen atoms in total. The highest BCUT2D eigenvalue weighted by Gasteiger charge is 2.18. The van der Waals surface area contributed by atoms with Crippen molar-refractivity contribution < 1.29 is 24.5 Å². The number of aliphatic hydroxyl groups is 2. The molecule has 0 heterocycles. The van der Waals surface area contributed by atoms with Crippen LogP contribution in [0.4, 0.5) is 0 Å². The molecule has 392 valence electrons. The van der Waals surface area contributed by atoms with Gasteiger partial charge in [0.15, 0.2) is 0 Å². The Kier molecular flexibility index (Phi) is 54.6. The Morgan fingerprint density at radius 1 is 0.418 bits per heavy atom. The molecule has 3 N–H and O–H groups in total. The van der Waals surface area contributed by atoms with Crippen LogP contribution in [0, 0.1) is 0 Å². The zero-order valence-corrected chi connectivity index (χ0v) is 44.6. The van der Waals surface area contributed by atoms with E-state index in [1.54, 1.807) is 6.08 Å². The first-order chi connectivity index (χ1) is 33.0. The lowest BCUT2D eigenvalue weighted by atomic mass is 10.0. The molecule has 0 rings (SSSR count). The Balaban J connectivity index is 3.54. The molecule has 0 aromatic heterocycles. The second-order valence-electron chi connectivity index (χ2n) is 20.0. The molecule has 2 unspecified atom stereocenters. The zero-order valence-electron chi connectivity index (χ0n) is 44.6. The van der Waals surface area contributed by atoms with Crippen molar-refractivity contribution in [1.82, 2.24) is 5.32 Å². The summed E-state index contributed by atoms with van der Waals surface area (Å²) in [5.74, 6) is -0.125. The Bertz CT molecular complexity index is 1130. The number of aliphatic hydroxyl groups excluding tert-OH is 2. The first-order valence-corrected chi connectivity index (χ1v) is 29.4. The molecule has 1 amide bonds. The van der Waals surface area contributed by atoms with Crippen LogP contribution in [-0.2, 0) is 14.3 Å². The molecule has 0 spiro atoms. The maximum absolute atomic E-state index is 12.5. The summed E-state index contributed by atoms with van der Waals surface area (Å²) < 4.78 is 5.45. The molecule has 2 atom stereocenters. The number of rotatable bonds is 54. The van der Waals surface area contributed by atoms with Gasteiger partial charge in [0.05, 0.1) is 25.4 Å². The van der Waals surface area contributed by atoms with Crippen molar-refractivity contribution in [2.45, 2.75) is 315 Å². The minimum atomic E-state index is -0.863. The van der Waals surface area contributed by atoms with Crippen molar-refractivity contribution in [3.8, 4) is 0 Å². The predicted molar refractivity (Wildman–Crippen MR) is 292 cm³/mol. The summed E-state index contributed by atoms with van der Waals surface area (Å²) in [6, 6.07) is -0.649. The van der Waals surface area contributed by atoms with Gasteiger partial charge in [-0.05, 0) is 96.3 Å². The van der Waals surface area contributed by atoms with Gasteiger partial charge in [-0.25, -0.2) is 0 Å². The van der Waals surface area contributed by atoms with Crippen LogP contribution in [0.25, 0.3) is 0 Å². The van der Waals surface area contributed by atoms with Gasteiger partial charge in [0.1, 0.15) is 0 Å². The van der Waals surface area contributed by atoms with Crippen molar-refractivity contribution in [3.63, 3.8) is 0 Å². The monoisotopic (exact) mass is 940 g/mol. The fourth-order valence-corrected chi connectivity index (χ4v) is 8.78. The van der Waals surface area contributed by atoms with Crippen LogP contribution in [0.2, 0.25) is 0 Å². The largest absolute Gasteiger partial charge is 0.466 e. The number of carbonyl (C=O) groups excluding carboxylic acids is 2. The summed E-state index contributed by atoms with van der Waals surface area (Å²) in [4.78, 5) is 24.5. The molecule has 0 aliphatic carbocycles. The third kappa shape index (κ3) is 53.0. The van der Waals surface area contributed by atoms with E-state index in [2.05, 4.69) is 55.6 Å². The summed E-state index contributed by atoms with van der Waals surface area (Å²) in [7, 11) is 0. The van der Waals surface area contributed by atoms with E-state index in [0.29, 0.717) is 19.4 Å². The third-order valence-electron chi connectivity index (χ3n) is 13.3. The van der Waals surface area contributed by atoms with Crippen molar-refractivity contribution >= 4 is 11.9 Å². The SMILES string of the molecule is CCCCC/C=C\C/C=C\CCCCCCCCCC(=O)OCCCCC/C=C\CCCCCCCC(=O)NC(CO)C(O)/C=C/CCCCCCCCCCCCCCCCCCCCC. The number of hydrogen-bond donors (Lipinski definition) is 3. The van der Waals surface area contributed by atoms with E-state index in [-0.39, 0.29) is 18.5 Å². The number of unbranched alkanes of at least 4 members (excludes halogenated alkanes) is 37. The van der Waals surface area contributed by atoms with E-state index in [4.69, 9.17) is 4.74 Å². The van der Waals surface area contributed by atoms with Crippen LogP contribution in [0.1, 0.15) is 303 Å². The van der Waals surface area contributed by atoms with Gasteiger partial charge in [0.2, 0.25) is 5.91 Å². The van der Waals surface area contributed by atoms with Crippen LogP contribution in [0.15, 0.2) is 48.6 Å². The van der Waals surface area contributed by atoms with Gasteiger partial charge >= 0.3 is 5.97 Å². The smallest absolute Gasteiger partial charge is 0.305 e. The second kappa shape index (κ2) is 56.4. The average molecular weight is 941 g/mol. The maximum Gasteiger partial charge on any atom is 0.305 e. The third-order valence-corrected chi connectivity index (χ3v) is 13.3. The van der Waals surface area contributed by atoms with Gasteiger partial charge < -0.3 is 20.3 Å². The first kappa shape index (κ1) is 64.8. The summed E-state index contributed by atoms with van der Waals surface area (Å²) in [5.41, 5.74) is 0. The lowest BCUT2D eigenvalue weighted by molar-refractivity contribution is -0.143. The number of carbonyl (C=O) groups is 2. The highest BCUT2D eigenvalue weighted by atomic mass is 16.5. The Labute approximate surface area is 416 Å². The van der Waals surface area contributed by atoms with Crippen molar-refractivity contribution in [3.05, 3.63) is 48.6 Å². The van der Waals surface area contributed by atoms with Gasteiger partial charge in [-0.3, -0.25) is 9.59 Å². The van der Waals surface area contributed by atoms with Crippen molar-refractivity contribution in [2.24, 2.45) is 0 Å². The zero-order chi connectivity index (χ0) is 48.6. The van der Waals surface area contributed by atoms with E-state index in [0.717, 1.165) is 89.9 Å². The van der Waals surface area contributed by atoms with E-state index < -0.39 is 12.1 Å². The summed E-state index contributed by atoms with van der Waals surface area (Å²) in [6.07, 6.45) is 71.3. The standard InChI is InChI=1S/C61H113NO5/c1-3-5-7-9-11-13-15-17-19-21-22-23-24-26-27-29-33-37-41-45-49-53-59(64)58(57-63)62-60(65)54-50-46-42-38-34-31-32-36-40-44-48-52-56-67-61(66)55-51-47-43-39-35-30-28-25-20-18-16-14-12-10-8-6-4-2/h12,14,18,20,32,36,49,53,58-59,63-64H,3-11,13,15-17,19,21-31,33-35,37-48,50-52,54-57H2,1-2H3,(H,62,65)/b14-12-,20-18-,36-32-,53-49+. The van der Waals surface area contributed by atoms with Crippen LogP contribution >= 0.6 is 0 Å². The fourth-order valence-electron chi connectivity index (χ4n) is 8.78. The van der Waals surface area contributed by atoms with E-state index in [1.807, 2.05) is 6.08 Å². The quantitative estimate of drug-likeness (QED) is 0.0321. The molecular weight excluding hydrogens is 827 g/mol. The molecule has 0 radical (unpaired) electrons. The van der Waals surface area contributed by atoms with E-state index in [1.165, 1.54) is 186 Å². The maximum atomic E-state index is 12.5. The normalized spacial score (nSPS) is 13.0. The molecule has 67 heavy (non-hydrogen) atoms. The van der Waals surface area contributed by atoms with Crippen LogP contribution in [-0.4, -0.2) is 47.4 Å². The lowest BCUT2D eigenvalue weighted by Crippen LogP contribution is -2.45. The average Bonchev–Trinajstić information content (AvgIpc) is 3.33. The minimum Gasteiger partial charge on any atom is -0.466 e. The fraction of sp³-hybridized carbons (Fsp3) is 0.836. The molecular formula is C61H113NO5. The van der Waals surface area contributed by atoms with Crippen LogP contribution < -0.4 is 5.32 Å². The van der Waals surface area contributed by atoms with Crippen LogP contribution in [0.5, 0.6) is 0 Å². The van der Waals surface area contributed by atoms with Crippen molar-refractivity contribution in [1.29, 1.82) is 0 Å². The molecule has 6 heteroatoms. The number of esters is 1. The second-order valence-corrected chi connectivity index (χ2v) is 20.0. The number of ether oxygens (including phenoxy) is 1. The summed E-state index contributed by atoms with van der Waals surface area (Å²) in [6.45, 7) is 4.82. The number of allylic oxidation sites excluding steroid dienone is 7. The molecule has 0 aliphatic rings. The number of nitrogens with one attached hydrogen (secondary N) is 1. The van der Waals surface area contributed by atoms with E-state index >= 15 is 0 Å².